The van der Waals surface area contributed by atoms with Gasteiger partial charge in [0.05, 0.1) is 17.3 Å². The Bertz CT molecular complexity index is 1150. The van der Waals surface area contributed by atoms with Crippen LogP contribution in [0.3, 0.4) is 0 Å². The van der Waals surface area contributed by atoms with Crippen LogP contribution in [0.2, 0.25) is 5.02 Å². The number of halogens is 5. The van der Waals surface area contributed by atoms with Crippen molar-refractivity contribution in [3.63, 3.8) is 0 Å². The maximum Gasteiger partial charge on any atom is 0.408 e. The fraction of sp³-hybridized carbons (Fsp3) is 0.316. The second-order valence-electron chi connectivity index (χ2n) is 7.19. The summed E-state index contributed by atoms with van der Waals surface area (Å²) in [6, 6.07) is 1.95. The number of nitrogens with zero attached hydrogens (tertiary/aromatic N) is 2. The third kappa shape index (κ3) is 3.97. The van der Waals surface area contributed by atoms with Crippen molar-refractivity contribution in [2.75, 3.05) is 6.54 Å². The number of alkyl halides is 3. The van der Waals surface area contributed by atoms with E-state index in [1.807, 2.05) is 5.32 Å². The van der Waals surface area contributed by atoms with Crippen LogP contribution in [0.25, 0.3) is 10.9 Å². The third-order valence-electron chi connectivity index (χ3n) is 5.06. The number of aromatic amines is 1. The van der Waals surface area contributed by atoms with Gasteiger partial charge in [-0.2, -0.15) is 13.2 Å². The van der Waals surface area contributed by atoms with E-state index in [1.54, 1.807) is 0 Å². The molecule has 0 saturated heterocycles. The lowest BCUT2D eigenvalue weighted by Crippen LogP contribution is -2.43. The Labute approximate surface area is 177 Å². The number of aromatic nitrogens is 2. The Morgan fingerprint density at radius 1 is 1.32 bits per heavy atom. The van der Waals surface area contributed by atoms with Gasteiger partial charge in [0.1, 0.15) is 17.6 Å². The Kier molecular flexibility index (Phi) is 5.16. The lowest BCUT2D eigenvalue weighted by atomic mass is 10.0. The van der Waals surface area contributed by atoms with Crippen molar-refractivity contribution in [3.8, 4) is 0 Å². The molecular weight excluding hydrogens is 444 g/mol. The van der Waals surface area contributed by atoms with Gasteiger partial charge in [-0.05, 0) is 25.1 Å². The molecule has 4 rings (SSSR count). The number of hydrogen-bond acceptors (Lipinski definition) is 4. The molecule has 0 spiro atoms. The van der Waals surface area contributed by atoms with Crippen LogP contribution in [-0.4, -0.2) is 45.6 Å². The van der Waals surface area contributed by atoms with Crippen molar-refractivity contribution in [3.05, 3.63) is 51.8 Å². The van der Waals surface area contributed by atoms with Crippen LogP contribution < -0.4 is 5.32 Å². The van der Waals surface area contributed by atoms with Gasteiger partial charge < -0.3 is 19.7 Å². The molecular formula is C19H15ClF4N4O3. The molecule has 3 heterocycles. The van der Waals surface area contributed by atoms with E-state index in [-0.39, 0.29) is 41.6 Å². The molecule has 164 valence electrons. The minimum Gasteiger partial charge on any atom is -0.350 e. The first-order chi connectivity index (χ1) is 14.5. The van der Waals surface area contributed by atoms with Gasteiger partial charge in [-0.1, -0.05) is 16.8 Å². The quantitative estimate of drug-likeness (QED) is 0.584. The summed E-state index contributed by atoms with van der Waals surface area (Å²) in [5, 5.41) is 5.93. The number of carbonyl (C=O) groups is 2. The highest BCUT2D eigenvalue weighted by Gasteiger charge is 2.39. The van der Waals surface area contributed by atoms with E-state index in [2.05, 4.69) is 10.1 Å². The summed E-state index contributed by atoms with van der Waals surface area (Å²) >= 11 is 5.76. The van der Waals surface area contributed by atoms with E-state index in [9.17, 15) is 27.2 Å². The zero-order chi connectivity index (χ0) is 22.5. The van der Waals surface area contributed by atoms with Crippen LogP contribution in [0.4, 0.5) is 17.6 Å². The SMILES string of the molecule is CC(NC(=O)c1onc2c1CN(C(=O)c1cc3cc(F)c(Cl)cc3[nH]1)CC2)C(F)(F)F. The average molecular weight is 459 g/mol. The van der Waals surface area contributed by atoms with Crippen molar-refractivity contribution >= 4 is 34.3 Å². The number of carbonyl (C=O) groups excluding carboxylic acids is 2. The monoisotopic (exact) mass is 458 g/mol. The molecule has 12 heteroatoms. The number of fused-ring (bicyclic) bond motifs is 2. The van der Waals surface area contributed by atoms with Gasteiger partial charge in [-0.15, -0.1) is 0 Å². The van der Waals surface area contributed by atoms with E-state index in [1.165, 1.54) is 23.1 Å². The number of nitrogens with one attached hydrogen (secondary N) is 2. The first-order valence-electron chi connectivity index (χ1n) is 9.16. The highest BCUT2D eigenvalue weighted by Crippen LogP contribution is 2.27. The molecule has 31 heavy (non-hydrogen) atoms. The van der Waals surface area contributed by atoms with E-state index in [4.69, 9.17) is 16.1 Å². The molecule has 0 radical (unpaired) electrons. The zero-order valence-electron chi connectivity index (χ0n) is 15.9. The Balaban J connectivity index is 1.55. The maximum atomic E-state index is 13.7. The van der Waals surface area contributed by atoms with Crippen LogP contribution in [0.5, 0.6) is 0 Å². The highest BCUT2D eigenvalue weighted by atomic mass is 35.5. The molecule has 2 amide bonds. The number of amides is 2. The van der Waals surface area contributed by atoms with Gasteiger partial charge in [0.2, 0.25) is 5.76 Å². The molecule has 0 bridgehead atoms. The smallest absolute Gasteiger partial charge is 0.350 e. The molecule has 1 aromatic carbocycles. The van der Waals surface area contributed by atoms with Crippen molar-refractivity contribution in [1.82, 2.24) is 20.4 Å². The predicted molar refractivity (Wildman–Crippen MR) is 101 cm³/mol. The van der Waals surface area contributed by atoms with Crippen molar-refractivity contribution in [1.29, 1.82) is 0 Å². The van der Waals surface area contributed by atoms with E-state index < -0.39 is 29.8 Å². The molecule has 1 aliphatic heterocycles. The molecule has 7 nitrogen and oxygen atoms in total. The number of benzene rings is 1. The molecule has 1 aliphatic rings. The molecule has 2 aromatic heterocycles. The summed E-state index contributed by atoms with van der Waals surface area (Å²) < 4.78 is 56.8. The molecule has 0 fully saturated rings. The predicted octanol–water partition coefficient (Wildman–Crippen LogP) is 3.83. The summed E-state index contributed by atoms with van der Waals surface area (Å²) in [5.74, 6) is -2.49. The Hall–Kier alpha value is -3.08. The molecule has 3 aromatic rings. The van der Waals surface area contributed by atoms with Gasteiger partial charge >= 0.3 is 6.18 Å². The van der Waals surface area contributed by atoms with E-state index in [0.717, 1.165) is 6.92 Å². The van der Waals surface area contributed by atoms with Gasteiger partial charge in [0.15, 0.2) is 0 Å². The van der Waals surface area contributed by atoms with Crippen molar-refractivity contribution in [2.24, 2.45) is 0 Å². The van der Waals surface area contributed by atoms with Crippen LogP contribution in [0.1, 0.15) is 39.2 Å². The van der Waals surface area contributed by atoms with Gasteiger partial charge in [-0.3, -0.25) is 9.59 Å². The molecule has 0 saturated carbocycles. The van der Waals surface area contributed by atoms with Gasteiger partial charge in [0, 0.05) is 29.4 Å². The number of H-pyrrole nitrogens is 1. The van der Waals surface area contributed by atoms with E-state index >= 15 is 0 Å². The molecule has 1 unspecified atom stereocenters. The lowest BCUT2D eigenvalue weighted by Gasteiger charge is -2.26. The second kappa shape index (κ2) is 7.56. The summed E-state index contributed by atoms with van der Waals surface area (Å²) in [6.45, 7) is 0.982. The standard InChI is InChI=1S/C19H15ClF4N4O3/c1-8(19(22,23)24)25-17(29)16-10-7-28(3-2-13(10)27-31-16)18(30)15-5-9-4-12(21)11(20)6-14(9)26-15/h4-6,8,26H,2-3,7H2,1H3,(H,25,29). The summed E-state index contributed by atoms with van der Waals surface area (Å²) in [6.07, 6.45) is -4.36. The second-order valence-corrected chi connectivity index (χ2v) is 7.59. The molecule has 2 N–H and O–H groups in total. The lowest BCUT2D eigenvalue weighted by molar-refractivity contribution is -0.149. The third-order valence-corrected chi connectivity index (χ3v) is 5.35. The van der Waals surface area contributed by atoms with Crippen LogP contribution in [0.15, 0.2) is 22.7 Å². The number of hydrogen-bond donors (Lipinski definition) is 2. The van der Waals surface area contributed by atoms with Gasteiger partial charge in [0.25, 0.3) is 11.8 Å². The fourth-order valence-electron chi connectivity index (χ4n) is 3.32. The Morgan fingerprint density at radius 2 is 2.06 bits per heavy atom. The van der Waals surface area contributed by atoms with E-state index in [0.29, 0.717) is 16.6 Å². The van der Waals surface area contributed by atoms with Gasteiger partial charge in [-0.25, -0.2) is 4.39 Å². The number of rotatable bonds is 3. The van der Waals surface area contributed by atoms with Crippen molar-refractivity contribution in [2.45, 2.75) is 32.1 Å². The minimum atomic E-state index is -4.62. The first kappa shape index (κ1) is 21.2. The topological polar surface area (TPSA) is 91.2 Å². The van der Waals surface area contributed by atoms with Crippen LogP contribution in [0, 0.1) is 5.82 Å². The summed E-state index contributed by atoms with van der Waals surface area (Å²) in [4.78, 5) is 29.5. The average Bonchev–Trinajstić information content (AvgIpc) is 3.30. The molecule has 1 atom stereocenters. The largest absolute Gasteiger partial charge is 0.408 e. The minimum absolute atomic E-state index is 0.0781. The van der Waals surface area contributed by atoms with Crippen LogP contribution >= 0.6 is 11.6 Å². The summed E-state index contributed by atoms with van der Waals surface area (Å²) in [7, 11) is 0. The van der Waals surface area contributed by atoms with Crippen molar-refractivity contribution < 1.29 is 31.7 Å². The first-order valence-corrected chi connectivity index (χ1v) is 9.54. The maximum absolute atomic E-state index is 13.7. The molecule has 0 aliphatic carbocycles. The fourth-order valence-corrected chi connectivity index (χ4v) is 3.48. The zero-order valence-corrected chi connectivity index (χ0v) is 16.7. The summed E-state index contributed by atoms with van der Waals surface area (Å²) in [5.41, 5.74) is 1.29. The van der Waals surface area contributed by atoms with Crippen LogP contribution in [-0.2, 0) is 13.0 Å². The highest BCUT2D eigenvalue weighted by molar-refractivity contribution is 6.31. The Morgan fingerprint density at radius 3 is 2.77 bits per heavy atom. The normalized spacial score (nSPS) is 15.1.